The molecule has 3 rings (SSSR count). The number of nitriles is 1. The number of aromatic nitrogens is 2. The van der Waals surface area contributed by atoms with Crippen LogP contribution in [-0.2, 0) is 14.6 Å². The summed E-state index contributed by atoms with van der Waals surface area (Å²) in [6.07, 6.45) is 3.02. The van der Waals surface area contributed by atoms with Crippen LogP contribution in [0.2, 0.25) is 0 Å². The quantitative estimate of drug-likeness (QED) is 0.165. The summed E-state index contributed by atoms with van der Waals surface area (Å²) in [4.78, 5) is 12.5. The van der Waals surface area contributed by atoms with Crippen molar-refractivity contribution < 1.29 is 27.4 Å². The number of sulfone groups is 1. The van der Waals surface area contributed by atoms with Crippen molar-refractivity contribution in [3.63, 3.8) is 0 Å². The van der Waals surface area contributed by atoms with Gasteiger partial charge in [0.25, 0.3) is 5.91 Å². The standard InChI is InChI=1S/C25H26N4O6S2/c1-16-7-5-8-17(2)22(16)35-12-6-11-34-20-10-9-18(14-21(20)33-3)13-19(15-26)23(30)27-24-28-29-25(36-24)37(4,31)32/h5,7-10,13-14H,6,11-12H2,1-4H3,(H,27,28,30)/b19-13-. The molecule has 0 bridgehead atoms. The molecule has 1 aromatic heterocycles. The van der Waals surface area contributed by atoms with Crippen LogP contribution in [0, 0.1) is 25.2 Å². The van der Waals surface area contributed by atoms with Gasteiger partial charge in [-0.05, 0) is 48.7 Å². The summed E-state index contributed by atoms with van der Waals surface area (Å²) in [5.41, 5.74) is 2.48. The first-order valence-corrected chi connectivity index (χ1v) is 13.8. The van der Waals surface area contributed by atoms with Crippen LogP contribution in [0.4, 0.5) is 5.13 Å². The summed E-state index contributed by atoms with van der Waals surface area (Å²) in [6, 6.07) is 12.8. The van der Waals surface area contributed by atoms with Gasteiger partial charge < -0.3 is 14.2 Å². The summed E-state index contributed by atoms with van der Waals surface area (Å²) in [5, 5.41) is 19.0. The highest BCUT2D eigenvalue weighted by atomic mass is 32.2. The van der Waals surface area contributed by atoms with Gasteiger partial charge in [-0.1, -0.05) is 35.6 Å². The Morgan fingerprint density at radius 2 is 1.81 bits per heavy atom. The molecule has 2 aromatic carbocycles. The molecule has 1 N–H and O–H groups in total. The van der Waals surface area contributed by atoms with Gasteiger partial charge in [-0.3, -0.25) is 10.1 Å². The average molecular weight is 543 g/mol. The van der Waals surface area contributed by atoms with Crippen LogP contribution < -0.4 is 19.5 Å². The van der Waals surface area contributed by atoms with Crippen molar-refractivity contribution >= 4 is 38.3 Å². The molecule has 0 aliphatic carbocycles. The second kappa shape index (κ2) is 12.3. The topological polar surface area (TPSA) is 140 Å². The molecular formula is C25H26N4O6S2. The lowest BCUT2D eigenvalue weighted by Crippen LogP contribution is -2.13. The molecule has 37 heavy (non-hydrogen) atoms. The third kappa shape index (κ3) is 7.52. The predicted octanol–water partition coefficient (Wildman–Crippen LogP) is 3.96. The Hall–Kier alpha value is -3.95. The first-order valence-electron chi connectivity index (χ1n) is 11.1. The SMILES string of the molecule is COc1cc(/C=C(/C#N)C(=O)Nc2nnc(S(C)(=O)=O)s2)ccc1OCCCOc1c(C)cccc1C. The van der Waals surface area contributed by atoms with Crippen LogP contribution in [0.1, 0.15) is 23.1 Å². The number of nitrogens with zero attached hydrogens (tertiary/aromatic N) is 3. The number of anilines is 1. The van der Waals surface area contributed by atoms with Crippen molar-refractivity contribution in [3.05, 3.63) is 58.7 Å². The van der Waals surface area contributed by atoms with Crippen LogP contribution in [0.25, 0.3) is 6.08 Å². The zero-order valence-electron chi connectivity index (χ0n) is 20.8. The number of amides is 1. The van der Waals surface area contributed by atoms with Gasteiger partial charge in [0.1, 0.15) is 17.4 Å². The van der Waals surface area contributed by atoms with E-state index in [0.717, 1.165) is 23.1 Å². The zero-order valence-corrected chi connectivity index (χ0v) is 22.4. The van der Waals surface area contributed by atoms with Crippen LogP contribution in [-0.4, -0.2) is 51.1 Å². The Morgan fingerprint density at radius 1 is 1.11 bits per heavy atom. The van der Waals surface area contributed by atoms with Gasteiger partial charge in [0.2, 0.25) is 19.3 Å². The first-order chi connectivity index (χ1) is 17.6. The normalized spacial score (nSPS) is 11.5. The molecule has 0 spiro atoms. The highest BCUT2D eigenvalue weighted by Crippen LogP contribution is 2.29. The lowest BCUT2D eigenvalue weighted by Gasteiger charge is -2.13. The van der Waals surface area contributed by atoms with Crippen molar-refractivity contribution in [1.29, 1.82) is 5.26 Å². The third-order valence-electron chi connectivity index (χ3n) is 5.01. The molecule has 0 saturated carbocycles. The molecule has 1 heterocycles. The van der Waals surface area contributed by atoms with E-state index in [1.807, 2.05) is 38.1 Å². The minimum absolute atomic E-state index is 0.0329. The summed E-state index contributed by atoms with van der Waals surface area (Å²) in [6.45, 7) is 4.91. The molecule has 0 saturated heterocycles. The van der Waals surface area contributed by atoms with Crippen molar-refractivity contribution in [2.24, 2.45) is 0 Å². The van der Waals surface area contributed by atoms with Gasteiger partial charge >= 0.3 is 0 Å². The smallest absolute Gasteiger partial charge is 0.268 e. The van der Waals surface area contributed by atoms with Crippen LogP contribution in [0.5, 0.6) is 17.2 Å². The maximum absolute atomic E-state index is 12.5. The van der Waals surface area contributed by atoms with Crippen LogP contribution in [0.3, 0.4) is 0 Å². The van der Waals surface area contributed by atoms with E-state index < -0.39 is 15.7 Å². The van der Waals surface area contributed by atoms with E-state index in [0.29, 0.717) is 48.0 Å². The Balaban J connectivity index is 1.61. The highest BCUT2D eigenvalue weighted by molar-refractivity contribution is 7.92. The molecule has 194 valence electrons. The van der Waals surface area contributed by atoms with Gasteiger partial charge in [-0.2, -0.15) is 5.26 Å². The molecule has 0 atom stereocenters. The Bertz CT molecular complexity index is 1440. The zero-order chi connectivity index (χ0) is 27.0. The van der Waals surface area contributed by atoms with Crippen LogP contribution in [0.15, 0.2) is 46.3 Å². The van der Waals surface area contributed by atoms with Crippen molar-refractivity contribution in [2.45, 2.75) is 24.6 Å². The lowest BCUT2D eigenvalue weighted by atomic mass is 10.1. The number of methoxy groups -OCH3 is 1. The van der Waals surface area contributed by atoms with E-state index in [9.17, 15) is 18.5 Å². The number of hydrogen-bond acceptors (Lipinski definition) is 10. The van der Waals surface area contributed by atoms with Gasteiger partial charge in [-0.15, -0.1) is 10.2 Å². The van der Waals surface area contributed by atoms with Gasteiger partial charge in [0.05, 0.1) is 20.3 Å². The fourth-order valence-corrected chi connectivity index (χ4v) is 4.73. The maximum Gasteiger partial charge on any atom is 0.268 e. The van der Waals surface area contributed by atoms with E-state index in [4.69, 9.17) is 14.2 Å². The molecule has 0 radical (unpaired) electrons. The predicted molar refractivity (Wildman–Crippen MR) is 140 cm³/mol. The number of ether oxygens (including phenoxy) is 3. The van der Waals surface area contributed by atoms with E-state index in [2.05, 4.69) is 15.5 Å². The molecule has 0 aliphatic rings. The number of nitrogens with one attached hydrogen (secondary N) is 1. The number of rotatable bonds is 11. The van der Waals surface area contributed by atoms with E-state index >= 15 is 0 Å². The third-order valence-corrected chi connectivity index (χ3v) is 7.52. The van der Waals surface area contributed by atoms with Gasteiger partial charge in [0, 0.05) is 12.7 Å². The van der Waals surface area contributed by atoms with Crippen molar-refractivity contribution in [1.82, 2.24) is 10.2 Å². The molecule has 0 unspecified atom stereocenters. The number of hydrogen-bond donors (Lipinski definition) is 1. The molecule has 10 nitrogen and oxygen atoms in total. The van der Waals surface area contributed by atoms with Crippen molar-refractivity contribution in [2.75, 3.05) is 31.9 Å². The van der Waals surface area contributed by atoms with E-state index in [1.54, 1.807) is 18.2 Å². The van der Waals surface area contributed by atoms with Gasteiger partial charge in [-0.25, -0.2) is 8.42 Å². The Labute approximate surface area is 219 Å². The largest absolute Gasteiger partial charge is 0.493 e. The summed E-state index contributed by atoms with van der Waals surface area (Å²) in [5.74, 6) is 1.08. The summed E-state index contributed by atoms with van der Waals surface area (Å²) >= 11 is 0.697. The fourth-order valence-electron chi connectivity index (χ4n) is 3.23. The molecule has 1 amide bonds. The monoisotopic (exact) mass is 542 g/mol. The minimum atomic E-state index is -3.55. The molecule has 0 aliphatic heterocycles. The molecular weight excluding hydrogens is 516 g/mol. The number of benzene rings is 2. The maximum atomic E-state index is 12.5. The second-order valence-electron chi connectivity index (χ2n) is 7.95. The van der Waals surface area contributed by atoms with Crippen LogP contribution >= 0.6 is 11.3 Å². The second-order valence-corrected chi connectivity index (χ2v) is 11.1. The molecule has 3 aromatic rings. The fraction of sp³-hybridized carbons (Fsp3) is 0.280. The van der Waals surface area contributed by atoms with E-state index in [1.165, 1.54) is 13.2 Å². The summed E-state index contributed by atoms with van der Waals surface area (Å²) in [7, 11) is -2.06. The van der Waals surface area contributed by atoms with Gasteiger partial charge in [0.15, 0.2) is 11.5 Å². The lowest BCUT2D eigenvalue weighted by molar-refractivity contribution is -0.112. The Kier molecular flexibility index (Phi) is 9.21. The number of aryl methyl sites for hydroxylation is 2. The molecule has 0 fully saturated rings. The highest BCUT2D eigenvalue weighted by Gasteiger charge is 2.18. The summed E-state index contributed by atoms with van der Waals surface area (Å²) < 4.78 is 40.0. The van der Waals surface area contributed by atoms with E-state index in [-0.39, 0.29) is 15.0 Å². The average Bonchev–Trinajstić information content (AvgIpc) is 3.33. The van der Waals surface area contributed by atoms with Crippen molar-refractivity contribution in [3.8, 4) is 23.3 Å². The number of para-hydroxylation sites is 1. The number of carbonyl (C=O) groups is 1. The Morgan fingerprint density at radius 3 is 2.43 bits per heavy atom. The number of carbonyl (C=O) groups excluding carboxylic acids is 1. The minimum Gasteiger partial charge on any atom is -0.493 e. The molecule has 12 heteroatoms. The first kappa shape index (κ1) is 27.6.